The van der Waals surface area contributed by atoms with E-state index >= 15 is 0 Å². The number of fused-ring (bicyclic) bond motifs is 1. The van der Waals surface area contributed by atoms with Crippen LogP contribution in [0.25, 0.3) is 10.9 Å². The number of hydrogen-bond acceptors (Lipinski definition) is 13. The van der Waals surface area contributed by atoms with Gasteiger partial charge < -0.3 is 69.0 Å². The van der Waals surface area contributed by atoms with Crippen LogP contribution in [-0.4, -0.2) is 117 Å². The number of nitrogens with zero attached hydrogens (tertiary/aromatic N) is 2. The second kappa shape index (κ2) is 25.9. The van der Waals surface area contributed by atoms with E-state index in [1.54, 1.807) is 37.3 Å². The SMILES string of the molecule is CC[C@H](C)[C@H](NC(=O)[C@H](CC(N)=O)NC(=O)[C@@H](N)CCC(=O)O)C(=O)N1CC(C2=CN(c3cc[cH-]c3)NN2)C[C@H]1C(=O)N[C@@H](Cc1c[nH]c2ccccc12)C(=O)N[C@@H](CO)C(N)=O.[Fe+2].c1cc[cH-]c1. The van der Waals surface area contributed by atoms with Crippen molar-refractivity contribution in [2.24, 2.45) is 29.0 Å². The van der Waals surface area contributed by atoms with Crippen LogP contribution in [0.5, 0.6) is 0 Å². The molecular weight excluding hydrogens is 936 g/mol. The number of hydrazine groups is 2. The van der Waals surface area contributed by atoms with E-state index in [1.807, 2.05) is 72.8 Å². The average molecular weight is 997 g/mol. The van der Waals surface area contributed by atoms with Crippen molar-refractivity contribution in [3.05, 3.63) is 103 Å². The third-order valence-electron chi connectivity index (χ3n) is 11.8. The van der Waals surface area contributed by atoms with Crippen molar-refractivity contribution in [1.82, 2.24) is 42.1 Å². The molecule has 2 aliphatic heterocycles. The molecule has 1 aromatic heterocycles. The number of aliphatic hydroxyl groups is 1. The summed E-state index contributed by atoms with van der Waals surface area (Å²) in [6.45, 7) is 2.62. The third kappa shape index (κ3) is 15.0. The van der Waals surface area contributed by atoms with Gasteiger partial charge in [0.05, 0.1) is 19.1 Å². The molecule has 0 aliphatic carbocycles. The van der Waals surface area contributed by atoms with Crippen LogP contribution in [0.1, 0.15) is 51.5 Å². The van der Waals surface area contributed by atoms with Gasteiger partial charge in [0.15, 0.2) is 0 Å². The van der Waals surface area contributed by atoms with Gasteiger partial charge in [-0.3, -0.25) is 38.4 Å². The second-order valence-corrected chi connectivity index (χ2v) is 16.6. The Balaban J connectivity index is 0.00000162. The number of primary amides is 2. The maximum atomic E-state index is 14.9. The van der Waals surface area contributed by atoms with Gasteiger partial charge in [-0.05, 0) is 30.4 Å². The summed E-state index contributed by atoms with van der Waals surface area (Å²) in [6.07, 6.45) is 2.40. The first-order valence-electron chi connectivity index (χ1n) is 22.1. The van der Waals surface area contributed by atoms with Crippen LogP contribution >= 0.6 is 0 Å². The molecule has 15 N–H and O–H groups in total. The summed E-state index contributed by atoms with van der Waals surface area (Å²) in [5.74, 6) is -8.36. The molecule has 6 rings (SSSR count). The molecule has 1 unspecified atom stereocenters. The number of aromatic nitrogens is 1. The molecule has 22 nitrogen and oxygen atoms in total. The summed E-state index contributed by atoms with van der Waals surface area (Å²) in [5, 5.41) is 31.5. The van der Waals surface area contributed by atoms with Crippen LogP contribution in [0.15, 0.2) is 97.0 Å². The predicted octanol–water partition coefficient (Wildman–Crippen LogP) is -1.05. The van der Waals surface area contributed by atoms with E-state index < -0.39 is 115 Å². The van der Waals surface area contributed by atoms with E-state index in [2.05, 4.69) is 37.2 Å². The maximum Gasteiger partial charge on any atom is 2.00 e. The quantitative estimate of drug-likeness (QED) is 0.0331. The Morgan fingerprint density at radius 3 is 2.19 bits per heavy atom. The van der Waals surface area contributed by atoms with Crippen molar-refractivity contribution in [3.63, 3.8) is 0 Å². The number of nitrogens with one attached hydrogen (secondary N) is 7. The minimum atomic E-state index is -1.59. The molecule has 8 atom stereocenters. The summed E-state index contributed by atoms with van der Waals surface area (Å²) >= 11 is 0. The number of nitrogens with two attached hydrogens (primary N) is 3. The maximum absolute atomic E-state index is 14.9. The Morgan fingerprint density at radius 2 is 1.58 bits per heavy atom. The van der Waals surface area contributed by atoms with Crippen LogP contribution in [0, 0.1) is 11.8 Å². The molecule has 1 fully saturated rings. The molecule has 4 aromatic rings. The number of amides is 7. The van der Waals surface area contributed by atoms with Crippen molar-refractivity contribution < 1.29 is 65.6 Å². The minimum absolute atomic E-state index is 0. The number of carboxylic acids is 1. The van der Waals surface area contributed by atoms with E-state index in [1.165, 1.54) is 4.90 Å². The Kier molecular flexibility index (Phi) is 20.5. The predicted molar refractivity (Wildman–Crippen MR) is 249 cm³/mol. The molecule has 2 aliphatic rings. The molecule has 1 saturated heterocycles. The van der Waals surface area contributed by atoms with Crippen LogP contribution < -0.4 is 54.4 Å². The summed E-state index contributed by atoms with van der Waals surface area (Å²) in [7, 11) is 0. The Hall–Kier alpha value is -7.04. The summed E-state index contributed by atoms with van der Waals surface area (Å²) < 4.78 is 0. The minimum Gasteiger partial charge on any atom is -0.481 e. The first-order valence-corrected chi connectivity index (χ1v) is 22.1. The summed E-state index contributed by atoms with van der Waals surface area (Å²) in [5.41, 5.74) is 25.7. The molecule has 372 valence electrons. The van der Waals surface area contributed by atoms with Gasteiger partial charge in [0.2, 0.25) is 41.4 Å². The van der Waals surface area contributed by atoms with E-state index in [4.69, 9.17) is 22.3 Å². The number of aromatic amines is 1. The second-order valence-electron chi connectivity index (χ2n) is 16.6. The van der Waals surface area contributed by atoms with Gasteiger partial charge in [-0.1, -0.05) is 44.2 Å². The number of carbonyl (C=O) groups is 8. The average Bonchev–Trinajstić information content (AvgIpc) is 4.18. The standard InChI is InChI=1S/C41H55N12O10.C5H5.Fe/c1-3-21(2)35(49-39(61)29(16-33(43)55)46-37(59)26(42)12-13-34(56)57)41(63)52-18-23(30-19-53(51-50-30)24-8-4-5-9-24)15-32(52)40(62)47-28(38(60)48-31(20-54)36(44)58)14-22-17-45-27-11-7-6-10-25(22)27;1-2-4-5-3-1;/h4-11,17,19,21,23,26,28-29,31-32,35,45,50-51,54H,3,12-16,18,20,42H2,1-2H3,(H2,43,55)(H2,44,58)(H,46,59)(H,47,62)(H,48,60)(H,49,61)(H,56,57);1-5H;/q2*-1;+2/t21-,23?,26-,28-,29-,31-,32-,35-;;/m0../s1. The molecular formula is C46H60FeN12O10. The number of aliphatic hydroxyl groups excluding tert-OH is 1. The van der Waals surface area contributed by atoms with Crippen molar-refractivity contribution in [3.8, 4) is 0 Å². The fourth-order valence-corrected chi connectivity index (χ4v) is 7.77. The molecule has 7 amide bonds. The van der Waals surface area contributed by atoms with Crippen LogP contribution in [0.4, 0.5) is 5.69 Å². The topological polar surface area (TPSA) is 350 Å². The van der Waals surface area contributed by atoms with Gasteiger partial charge in [0.25, 0.3) is 0 Å². The molecule has 3 heterocycles. The summed E-state index contributed by atoms with van der Waals surface area (Å²) in [6, 6.07) is 16.4. The molecule has 69 heavy (non-hydrogen) atoms. The molecule has 0 saturated carbocycles. The zero-order chi connectivity index (χ0) is 49.5. The van der Waals surface area contributed by atoms with Gasteiger partial charge in [-0.2, -0.15) is 48.0 Å². The number of carbonyl (C=O) groups excluding carboxylic acids is 7. The Bertz CT molecular complexity index is 2390. The third-order valence-corrected chi connectivity index (χ3v) is 11.8. The van der Waals surface area contributed by atoms with Gasteiger partial charge >= 0.3 is 23.0 Å². The number of carboxylic acid groups (broad SMARTS) is 1. The van der Waals surface area contributed by atoms with Crippen LogP contribution in [0.2, 0.25) is 0 Å². The molecule has 0 bridgehead atoms. The summed E-state index contributed by atoms with van der Waals surface area (Å²) in [4.78, 5) is 110. The van der Waals surface area contributed by atoms with Crippen molar-refractivity contribution in [1.29, 1.82) is 0 Å². The van der Waals surface area contributed by atoms with E-state index in [0.29, 0.717) is 17.7 Å². The number of benzene rings is 1. The molecule has 23 heteroatoms. The molecule has 3 aromatic carbocycles. The van der Waals surface area contributed by atoms with Crippen molar-refractivity contribution in [2.75, 3.05) is 18.2 Å². The van der Waals surface area contributed by atoms with E-state index in [9.17, 15) is 43.5 Å². The van der Waals surface area contributed by atoms with Gasteiger partial charge in [0, 0.05) is 54.3 Å². The van der Waals surface area contributed by atoms with Crippen molar-refractivity contribution >= 4 is 63.9 Å². The smallest absolute Gasteiger partial charge is 0.481 e. The van der Waals surface area contributed by atoms with E-state index in [0.717, 1.165) is 16.6 Å². The Morgan fingerprint density at radius 1 is 0.884 bits per heavy atom. The number of para-hydroxylation sites is 1. The number of hydrogen-bond donors (Lipinski definition) is 12. The van der Waals surface area contributed by atoms with Crippen LogP contribution in [0.3, 0.4) is 0 Å². The van der Waals surface area contributed by atoms with Crippen molar-refractivity contribution in [2.45, 2.75) is 88.6 Å². The fourth-order valence-electron chi connectivity index (χ4n) is 7.77. The zero-order valence-electron chi connectivity index (χ0n) is 38.1. The monoisotopic (exact) mass is 996 g/mol. The number of anilines is 1. The number of rotatable bonds is 22. The number of likely N-dealkylation sites (tertiary alicyclic amines) is 1. The van der Waals surface area contributed by atoms with E-state index in [-0.39, 0.29) is 42.9 Å². The fraction of sp³-hybridized carbons (Fsp3) is 0.391. The first-order chi connectivity index (χ1) is 32.5. The van der Waals surface area contributed by atoms with Gasteiger partial charge in [0.1, 0.15) is 30.2 Å². The molecule has 0 spiro atoms. The van der Waals surface area contributed by atoms with Gasteiger partial charge in [-0.25, -0.2) is 12.1 Å². The van der Waals surface area contributed by atoms with Crippen LogP contribution in [-0.2, 0) is 61.8 Å². The Labute approximate surface area is 408 Å². The largest absolute Gasteiger partial charge is 2.00 e. The first kappa shape index (κ1) is 54.6. The number of aliphatic carboxylic acids is 1. The zero-order valence-corrected chi connectivity index (χ0v) is 39.2. The molecule has 0 radical (unpaired) electrons. The normalized spacial score (nSPS) is 17.8. The number of H-pyrrole nitrogens is 1. The van der Waals surface area contributed by atoms with Gasteiger partial charge in [-0.15, -0.1) is 0 Å².